The third-order valence-electron chi connectivity index (χ3n) is 4.77. The molecule has 8 nitrogen and oxygen atoms in total. The summed E-state index contributed by atoms with van der Waals surface area (Å²) < 4.78 is 18.0. The maximum Gasteiger partial charge on any atom is 0.159 e. The minimum absolute atomic E-state index is 0.139. The smallest absolute Gasteiger partial charge is 0.159 e. The van der Waals surface area contributed by atoms with Gasteiger partial charge < -0.3 is 5.11 Å². The quantitative estimate of drug-likeness (QED) is 0.467. The number of rotatable bonds is 5. The van der Waals surface area contributed by atoms with Gasteiger partial charge in [0.15, 0.2) is 11.6 Å². The average Bonchev–Trinajstić information content (AvgIpc) is 3.22. The topological polar surface area (TPSA) is 106 Å². The summed E-state index contributed by atoms with van der Waals surface area (Å²) in [7, 11) is -1.37. The van der Waals surface area contributed by atoms with Crippen molar-refractivity contribution in [3.63, 3.8) is 0 Å². The van der Waals surface area contributed by atoms with Crippen molar-refractivity contribution in [1.82, 2.24) is 24.7 Å². The van der Waals surface area contributed by atoms with Gasteiger partial charge in [0.05, 0.1) is 40.2 Å². The molecule has 0 saturated heterocycles. The molecule has 0 unspecified atom stereocenters. The van der Waals surface area contributed by atoms with E-state index in [2.05, 4.69) is 24.4 Å². The number of hydrogen-bond donors (Lipinski definition) is 1. The molecule has 0 fully saturated rings. The Morgan fingerprint density at radius 1 is 1.16 bits per heavy atom. The van der Waals surface area contributed by atoms with Gasteiger partial charge in [-0.25, -0.2) is 23.8 Å². The van der Waals surface area contributed by atoms with Crippen molar-refractivity contribution in [1.29, 1.82) is 0 Å². The number of nitrogens with zero attached hydrogens (tertiary/aromatic N) is 6. The fourth-order valence-corrected chi connectivity index (χ4v) is 3.64. The Bertz CT molecular complexity index is 1340. The number of aliphatic hydroxyl groups excluding tert-OH is 1. The summed E-state index contributed by atoms with van der Waals surface area (Å²) >= 11 is 0. The van der Waals surface area contributed by atoms with Crippen LogP contribution in [0.4, 0.5) is 0 Å². The first-order chi connectivity index (χ1) is 15.3. The highest BCUT2D eigenvalue weighted by Gasteiger charge is 2.19. The van der Waals surface area contributed by atoms with Crippen molar-refractivity contribution >= 4 is 27.6 Å². The average molecular weight is 449 g/mol. The van der Waals surface area contributed by atoms with E-state index in [1.54, 1.807) is 36.1 Å². The van der Waals surface area contributed by atoms with Crippen molar-refractivity contribution in [3.8, 4) is 17.2 Å². The van der Waals surface area contributed by atoms with E-state index in [1.165, 1.54) is 0 Å². The molecule has 0 aliphatic rings. The summed E-state index contributed by atoms with van der Waals surface area (Å²) in [6.07, 6.45) is 3.44. The van der Waals surface area contributed by atoms with Crippen LogP contribution in [0.25, 0.3) is 28.1 Å². The van der Waals surface area contributed by atoms with Crippen molar-refractivity contribution in [2.24, 2.45) is 4.40 Å². The fraction of sp³-hybridized carbons (Fsp3) is 0.261. The highest BCUT2D eigenvalue weighted by molar-refractivity contribution is 7.85. The van der Waals surface area contributed by atoms with E-state index >= 15 is 0 Å². The summed E-state index contributed by atoms with van der Waals surface area (Å²) in [5.74, 6) is 1.15. The van der Waals surface area contributed by atoms with Crippen molar-refractivity contribution in [2.45, 2.75) is 39.0 Å². The van der Waals surface area contributed by atoms with Crippen LogP contribution < -0.4 is 0 Å². The maximum absolute atomic E-state index is 12.4. The maximum atomic E-state index is 12.4. The van der Waals surface area contributed by atoms with Crippen LogP contribution in [0.2, 0.25) is 0 Å². The first-order valence-electron chi connectivity index (χ1n) is 10.1. The first-order valence-corrected chi connectivity index (χ1v) is 11.2. The van der Waals surface area contributed by atoms with Crippen LogP contribution in [0.5, 0.6) is 0 Å². The third kappa shape index (κ3) is 4.49. The zero-order chi connectivity index (χ0) is 22.9. The van der Waals surface area contributed by atoms with Crippen molar-refractivity contribution in [3.05, 3.63) is 66.2 Å². The Morgan fingerprint density at radius 2 is 1.97 bits per heavy atom. The second-order valence-electron chi connectivity index (χ2n) is 8.28. The summed E-state index contributed by atoms with van der Waals surface area (Å²) in [4.78, 5) is 13.5. The Hall–Kier alpha value is -3.30. The third-order valence-corrected chi connectivity index (χ3v) is 6.26. The summed E-state index contributed by atoms with van der Waals surface area (Å²) in [6.45, 7) is 7.31. The van der Waals surface area contributed by atoms with Gasteiger partial charge in [-0.15, -0.1) is 0 Å². The molecule has 4 rings (SSSR count). The van der Waals surface area contributed by atoms with Gasteiger partial charge in [-0.05, 0) is 52.0 Å². The molecule has 3 aromatic heterocycles. The molecular formula is C23H24N6O2S. The van der Waals surface area contributed by atoms with E-state index in [0.717, 1.165) is 16.5 Å². The van der Waals surface area contributed by atoms with E-state index < -0.39 is 15.7 Å². The molecule has 3 heterocycles. The van der Waals surface area contributed by atoms with E-state index in [1.807, 2.05) is 51.1 Å². The molecule has 4 aromatic rings. The van der Waals surface area contributed by atoms with E-state index in [9.17, 15) is 9.32 Å². The van der Waals surface area contributed by atoms with Crippen LogP contribution in [0.1, 0.15) is 39.1 Å². The van der Waals surface area contributed by atoms with Crippen molar-refractivity contribution in [2.75, 3.05) is 0 Å². The summed E-state index contributed by atoms with van der Waals surface area (Å²) in [6, 6.07) is 13.0. The molecule has 32 heavy (non-hydrogen) atoms. The van der Waals surface area contributed by atoms with E-state index in [0.29, 0.717) is 28.7 Å². The Kier molecular flexibility index (Phi) is 5.94. The van der Waals surface area contributed by atoms with Crippen molar-refractivity contribution < 1.29 is 9.32 Å². The zero-order valence-corrected chi connectivity index (χ0v) is 19.2. The number of hydrogen-bond acceptors (Lipinski definition) is 6. The molecule has 0 saturated carbocycles. The lowest BCUT2D eigenvalue weighted by Crippen LogP contribution is -2.20. The number of aliphatic hydroxyl groups is 1. The van der Waals surface area contributed by atoms with Crippen LogP contribution in [-0.4, -0.2) is 44.5 Å². The van der Waals surface area contributed by atoms with Crippen LogP contribution in [0.15, 0.2) is 59.3 Å². The molecule has 164 valence electrons. The number of fused-ring (bicyclic) bond motifs is 1. The molecule has 0 amide bonds. The minimum atomic E-state index is -1.37. The van der Waals surface area contributed by atoms with Crippen LogP contribution in [0.3, 0.4) is 0 Å². The number of benzene rings is 1. The van der Waals surface area contributed by atoms with Gasteiger partial charge in [0.25, 0.3) is 0 Å². The van der Waals surface area contributed by atoms with Gasteiger partial charge in [0.2, 0.25) is 0 Å². The van der Waals surface area contributed by atoms with Gasteiger partial charge in [-0.3, -0.25) is 0 Å². The second kappa shape index (κ2) is 8.68. The van der Waals surface area contributed by atoms with Gasteiger partial charge >= 0.3 is 0 Å². The Balaban J connectivity index is 1.74. The molecule has 0 aliphatic carbocycles. The standard InChI is InChI=1S/C23H24N6O2S/c1-15(28-32(31)23(2,3)4)19-10-11-24-22(27-19)16-8-9-17-13-25-29(20(17)12-16)21-7-5-6-18(14-30)26-21/h5-13,30H,14H2,1-4H3/t32-/m1/s1. The fourth-order valence-electron chi connectivity index (χ4n) is 3.02. The lowest BCUT2D eigenvalue weighted by molar-refractivity contribution is 0.276. The summed E-state index contributed by atoms with van der Waals surface area (Å²) in [5.41, 5.74) is 3.44. The summed E-state index contributed by atoms with van der Waals surface area (Å²) in [5, 5.41) is 14.8. The van der Waals surface area contributed by atoms with Gasteiger partial charge in [-0.1, -0.05) is 18.2 Å². The lowest BCUT2D eigenvalue weighted by atomic mass is 10.1. The monoisotopic (exact) mass is 448 g/mol. The Morgan fingerprint density at radius 3 is 2.72 bits per heavy atom. The normalized spacial score (nSPS) is 13.5. The van der Waals surface area contributed by atoms with E-state index in [4.69, 9.17) is 0 Å². The predicted molar refractivity (Wildman–Crippen MR) is 126 cm³/mol. The van der Waals surface area contributed by atoms with Crippen LogP contribution in [0, 0.1) is 0 Å². The minimum Gasteiger partial charge on any atom is -0.390 e. The second-order valence-corrected chi connectivity index (χ2v) is 10.2. The molecule has 1 aromatic carbocycles. The highest BCUT2D eigenvalue weighted by atomic mass is 32.2. The molecule has 1 atom stereocenters. The highest BCUT2D eigenvalue weighted by Crippen LogP contribution is 2.24. The van der Waals surface area contributed by atoms with Gasteiger partial charge in [-0.2, -0.15) is 9.50 Å². The van der Waals surface area contributed by atoms with Crippen LogP contribution in [-0.2, 0) is 17.6 Å². The largest absolute Gasteiger partial charge is 0.390 e. The molecule has 0 bridgehead atoms. The predicted octanol–water partition coefficient (Wildman–Crippen LogP) is 3.64. The molecule has 0 radical (unpaired) electrons. The molecule has 0 aliphatic heterocycles. The van der Waals surface area contributed by atoms with Gasteiger partial charge in [0, 0.05) is 17.1 Å². The lowest BCUT2D eigenvalue weighted by Gasteiger charge is -2.14. The number of aromatic nitrogens is 5. The Labute approximate surface area is 188 Å². The molecule has 0 spiro atoms. The first kappa shape index (κ1) is 21.9. The number of pyridine rings is 1. The zero-order valence-electron chi connectivity index (χ0n) is 18.4. The molecular weight excluding hydrogens is 424 g/mol. The van der Waals surface area contributed by atoms with E-state index in [-0.39, 0.29) is 6.61 Å². The molecule has 1 N–H and O–H groups in total. The molecule has 9 heteroatoms. The SMILES string of the molecule is CC(=N[S@](=O)C(C)(C)C)c1ccnc(-c2ccc3cnn(-c4cccc(CO)n4)c3c2)n1. The van der Waals surface area contributed by atoms with Crippen LogP contribution >= 0.6 is 0 Å². The van der Waals surface area contributed by atoms with Gasteiger partial charge in [0.1, 0.15) is 11.0 Å².